The average Bonchev–Trinajstić information content (AvgIpc) is 3.40. The zero-order valence-corrected chi connectivity index (χ0v) is 22.4. The van der Waals surface area contributed by atoms with Gasteiger partial charge < -0.3 is 19.8 Å². The second-order valence-electron chi connectivity index (χ2n) is 10.3. The van der Waals surface area contributed by atoms with E-state index in [1.165, 1.54) is 69.3 Å². The molecule has 4 heterocycles. The fraction of sp³-hybridized carbons (Fsp3) is 0.312. The first-order valence-corrected chi connectivity index (χ1v) is 13.8. The van der Waals surface area contributed by atoms with Gasteiger partial charge in [-0.3, -0.25) is 9.97 Å². The molecule has 38 heavy (non-hydrogen) atoms. The number of benzene rings is 2. The van der Waals surface area contributed by atoms with Crippen molar-refractivity contribution in [1.82, 2.24) is 29.7 Å². The number of para-hydroxylation sites is 2. The molecule has 2 N–H and O–H groups in total. The molecule has 6 aromatic rings. The quantitative estimate of drug-likeness (QED) is 0.206. The summed E-state index contributed by atoms with van der Waals surface area (Å²) >= 11 is 0. The number of aryl methyl sites for hydroxylation is 2. The summed E-state index contributed by atoms with van der Waals surface area (Å²) in [5.41, 5.74) is 7.10. The third-order valence-electron chi connectivity index (χ3n) is 7.78. The molecule has 6 nitrogen and oxygen atoms in total. The lowest BCUT2D eigenvalue weighted by molar-refractivity contribution is 0.559. The van der Waals surface area contributed by atoms with Crippen LogP contribution in [0.25, 0.3) is 43.6 Å². The molecule has 0 saturated carbocycles. The van der Waals surface area contributed by atoms with Crippen molar-refractivity contribution >= 4 is 43.6 Å². The molecule has 0 unspecified atom stereocenters. The number of hydrogen-bond acceptors (Lipinski definition) is 4. The minimum absolute atomic E-state index is 0.814. The van der Waals surface area contributed by atoms with Gasteiger partial charge in [-0.15, -0.1) is 0 Å². The Morgan fingerprint density at radius 3 is 1.47 bits per heavy atom. The van der Waals surface area contributed by atoms with Crippen molar-refractivity contribution in [2.45, 2.75) is 38.8 Å². The Hall–Kier alpha value is -3.74. The van der Waals surface area contributed by atoms with E-state index in [0.29, 0.717) is 0 Å². The third-order valence-corrected chi connectivity index (χ3v) is 7.78. The van der Waals surface area contributed by atoms with Crippen molar-refractivity contribution in [1.29, 1.82) is 0 Å². The zero-order chi connectivity index (χ0) is 25.9. The summed E-state index contributed by atoms with van der Waals surface area (Å²) in [6, 6.07) is 21.6. The number of nitrogens with zero attached hydrogens (tertiary/aromatic N) is 4. The van der Waals surface area contributed by atoms with Crippen molar-refractivity contribution in [3.63, 3.8) is 0 Å². The smallest absolute Gasteiger partial charge is 0.0675 e. The Bertz CT molecular complexity index is 1580. The molecule has 194 valence electrons. The molecule has 0 spiro atoms. The molecule has 0 saturated heterocycles. The minimum Gasteiger partial charge on any atom is -0.342 e. The normalized spacial score (nSPS) is 11.9. The maximum atomic E-state index is 4.69. The number of aromatic nitrogens is 4. The van der Waals surface area contributed by atoms with Crippen LogP contribution in [0.2, 0.25) is 0 Å². The first-order chi connectivity index (χ1) is 18.7. The summed E-state index contributed by atoms with van der Waals surface area (Å²) < 4.78 is 4.45. The molecule has 6 heteroatoms. The Balaban J connectivity index is 0.900. The van der Waals surface area contributed by atoms with Crippen molar-refractivity contribution < 1.29 is 0 Å². The van der Waals surface area contributed by atoms with E-state index in [2.05, 4.69) is 94.5 Å². The maximum Gasteiger partial charge on any atom is 0.0675 e. The molecule has 6 rings (SSSR count). The van der Waals surface area contributed by atoms with Crippen molar-refractivity contribution in [2.75, 3.05) is 13.1 Å². The van der Waals surface area contributed by atoms with Crippen LogP contribution in [0.5, 0.6) is 0 Å². The summed E-state index contributed by atoms with van der Waals surface area (Å²) in [6.45, 7) is 3.68. The van der Waals surface area contributed by atoms with Crippen LogP contribution >= 0.6 is 0 Å². The lowest BCUT2D eigenvalue weighted by Crippen LogP contribution is -2.16. The largest absolute Gasteiger partial charge is 0.342 e. The number of unbranched alkanes of at least 4 members (excludes halogenated alkanes) is 3. The van der Waals surface area contributed by atoms with Crippen molar-refractivity contribution in [3.05, 3.63) is 84.4 Å². The highest BCUT2D eigenvalue weighted by Crippen LogP contribution is 2.28. The van der Waals surface area contributed by atoms with Gasteiger partial charge >= 0.3 is 0 Å². The van der Waals surface area contributed by atoms with Gasteiger partial charge in [-0.2, -0.15) is 0 Å². The second kappa shape index (κ2) is 10.9. The standard InChI is InChI=1S/C32H36N6/c1-37-29-13-7-5-11-25(29)27-17-23(35-21-31(27)37)19-33-15-9-3-4-10-16-34-20-24-18-28-26-12-6-8-14-30(26)38(2)32(28)22-36-24/h5-8,11-14,17-18,21-22,33-34H,3-4,9-10,15-16,19-20H2,1-2H3. The first-order valence-electron chi connectivity index (χ1n) is 13.8. The van der Waals surface area contributed by atoms with Crippen LogP contribution in [0.3, 0.4) is 0 Å². The summed E-state index contributed by atoms with van der Waals surface area (Å²) in [5, 5.41) is 12.3. The average molecular weight is 505 g/mol. The van der Waals surface area contributed by atoms with Crippen LogP contribution in [0.1, 0.15) is 37.1 Å². The number of nitrogens with one attached hydrogen (secondary N) is 2. The fourth-order valence-corrected chi connectivity index (χ4v) is 5.68. The summed E-state index contributed by atoms with van der Waals surface area (Å²) in [4.78, 5) is 9.38. The monoisotopic (exact) mass is 504 g/mol. The SMILES string of the molecule is Cn1c2ccccc2c2cc(CNCCCCCCNCc3cc4c5ccccc5n(C)c4cn3)ncc21. The van der Waals surface area contributed by atoms with Gasteiger partial charge in [-0.05, 0) is 50.2 Å². The predicted octanol–water partition coefficient (Wildman–Crippen LogP) is 6.21. The van der Waals surface area contributed by atoms with E-state index in [0.717, 1.165) is 37.6 Å². The van der Waals surface area contributed by atoms with E-state index in [4.69, 9.17) is 9.97 Å². The molecular formula is C32H36N6. The highest BCUT2D eigenvalue weighted by molar-refractivity contribution is 6.08. The molecule has 0 aliphatic carbocycles. The second-order valence-corrected chi connectivity index (χ2v) is 10.3. The molecule has 0 bridgehead atoms. The van der Waals surface area contributed by atoms with E-state index in [-0.39, 0.29) is 0 Å². The van der Waals surface area contributed by atoms with E-state index in [1.807, 2.05) is 12.4 Å². The van der Waals surface area contributed by atoms with Crippen LogP contribution in [-0.2, 0) is 27.2 Å². The molecule has 2 aromatic carbocycles. The summed E-state index contributed by atoms with van der Waals surface area (Å²) in [7, 11) is 4.23. The summed E-state index contributed by atoms with van der Waals surface area (Å²) in [6.07, 6.45) is 8.88. The fourth-order valence-electron chi connectivity index (χ4n) is 5.68. The Kier molecular flexibility index (Phi) is 7.08. The van der Waals surface area contributed by atoms with E-state index in [9.17, 15) is 0 Å². The van der Waals surface area contributed by atoms with E-state index >= 15 is 0 Å². The molecule has 0 fully saturated rings. The number of pyridine rings is 2. The molecule has 4 aromatic heterocycles. The van der Waals surface area contributed by atoms with Gasteiger partial charge in [0.1, 0.15) is 0 Å². The highest BCUT2D eigenvalue weighted by Gasteiger charge is 2.10. The molecular weight excluding hydrogens is 468 g/mol. The van der Waals surface area contributed by atoms with Gasteiger partial charge in [-0.1, -0.05) is 49.2 Å². The lowest BCUT2D eigenvalue weighted by Gasteiger charge is -2.07. The number of rotatable bonds is 11. The topological polar surface area (TPSA) is 59.7 Å². The minimum atomic E-state index is 0.814. The van der Waals surface area contributed by atoms with E-state index in [1.54, 1.807) is 0 Å². The van der Waals surface area contributed by atoms with Gasteiger partial charge in [0.05, 0.1) is 34.8 Å². The third kappa shape index (κ3) is 4.77. The van der Waals surface area contributed by atoms with Crippen LogP contribution in [0.15, 0.2) is 73.1 Å². The van der Waals surface area contributed by atoms with Crippen LogP contribution in [0.4, 0.5) is 0 Å². The van der Waals surface area contributed by atoms with Gasteiger partial charge in [-0.25, -0.2) is 0 Å². The molecule has 0 aliphatic rings. The van der Waals surface area contributed by atoms with Gasteiger partial charge in [0.25, 0.3) is 0 Å². The molecule has 0 aliphatic heterocycles. The predicted molar refractivity (Wildman–Crippen MR) is 158 cm³/mol. The Morgan fingerprint density at radius 2 is 1.00 bits per heavy atom. The zero-order valence-electron chi connectivity index (χ0n) is 22.4. The van der Waals surface area contributed by atoms with Crippen LogP contribution in [-0.4, -0.2) is 32.2 Å². The van der Waals surface area contributed by atoms with Crippen LogP contribution < -0.4 is 10.6 Å². The van der Waals surface area contributed by atoms with Gasteiger partial charge in [0.15, 0.2) is 0 Å². The van der Waals surface area contributed by atoms with Gasteiger partial charge in [0.2, 0.25) is 0 Å². The van der Waals surface area contributed by atoms with Crippen molar-refractivity contribution in [2.24, 2.45) is 14.1 Å². The van der Waals surface area contributed by atoms with E-state index < -0.39 is 0 Å². The Labute approximate surface area is 223 Å². The maximum absolute atomic E-state index is 4.69. The lowest BCUT2D eigenvalue weighted by atomic mass is 10.1. The molecule has 0 atom stereocenters. The highest BCUT2D eigenvalue weighted by atomic mass is 15.0. The van der Waals surface area contributed by atoms with Crippen molar-refractivity contribution in [3.8, 4) is 0 Å². The molecule has 0 radical (unpaired) electrons. The van der Waals surface area contributed by atoms with Crippen LogP contribution in [0, 0.1) is 0 Å². The van der Waals surface area contributed by atoms with Gasteiger partial charge in [0, 0.05) is 59.8 Å². The number of hydrogen-bond donors (Lipinski definition) is 2. The summed E-state index contributed by atoms with van der Waals surface area (Å²) in [5.74, 6) is 0. The number of fused-ring (bicyclic) bond motifs is 6. The Morgan fingerprint density at radius 1 is 0.553 bits per heavy atom. The molecule has 0 amide bonds. The first kappa shape index (κ1) is 24.6.